The number of esters is 1. The van der Waals surface area contributed by atoms with E-state index in [1.165, 1.54) is 6.42 Å². The van der Waals surface area contributed by atoms with Crippen molar-refractivity contribution in [3.05, 3.63) is 0 Å². The predicted octanol–water partition coefficient (Wildman–Crippen LogP) is 2.25. The molecule has 2 unspecified atom stereocenters. The smallest absolute Gasteiger partial charge is 0.310 e. The van der Waals surface area contributed by atoms with Crippen molar-refractivity contribution < 1.29 is 24.2 Å². The minimum atomic E-state index is -0.519. The second-order valence-electron chi connectivity index (χ2n) is 9.47. The van der Waals surface area contributed by atoms with Gasteiger partial charge in [-0.1, -0.05) is 19.3 Å². The Labute approximate surface area is 189 Å². The maximum absolute atomic E-state index is 13.6. The van der Waals surface area contributed by atoms with Crippen LogP contribution in [0.3, 0.4) is 0 Å². The van der Waals surface area contributed by atoms with Crippen molar-refractivity contribution in [1.29, 1.82) is 0 Å². The van der Waals surface area contributed by atoms with Gasteiger partial charge in [0.25, 0.3) is 0 Å². The van der Waals surface area contributed by atoms with Gasteiger partial charge in [-0.05, 0) is 51.9 Å². The van der Waals surface area contributed by atoms with Crippen LogP contribution in [-0.4, -0.2) is 69.6 Å². The fourth-order valence-electron chi connectivity index (χ4n) is 6.30. The third-order valence-electron chi connectivity index (χ3n) is 7.62. The Morgan fingerprint density at radius 3 is 2.68 bits per heavy atom. The van der Waals surface area contributed by atoms with E-state index >= 15 is 0 Å². The molecule has 0 aromatic carbocycles. The normalized spacial score (nSPS) is 34.8. The summed E-state index contributed by atoms with van der Waals surface area (Å²) in [6.45, 7) is 2.73. The zero-order chi connectivity index (χ0) is 22.0. The standard InChI is InChI=1S/C23H36N2O5S/c1-2-30-22(29)17-16-11-12-23(31-16)18(17)21(28)25(13-7-4-8-14-26)19(23)20(27)24-15-9-5-3-6-10-15/h15-19,26H,2-14H2,1H3,(H,24,27)/t16-,17+,18-,19?,23?/m0/s1. The fraction of sp³-hybridized carbons (Fsp3) is 0.870. The van der Waals surface area contributed by atoms with Crippen molar-refractivity contribution >= 4 is 29.5 Å². The van der Waals surface area contributed by atoms with Crippen molar-refractivity contribution in [3.63, 3.8) is 0 Å². The molecular weight excluding hydrogens is 416 g/mol. The summed E-state index contributed by atoms with van der Waals surface area (Å²) in [5.74, 6) is -1.29. The molecule has 174 valence electrons. The van der Waals surface area contributed by atoms with Crippen LogP contribution in [0, 0.1) is 11.8 Å². The number of ether oxygens (including phenoxy) is 1. The molecule has 1 spiro atoms. The summed E-state index contributed by atoms with van der Waals surface area (Å²) in [6.07, 6.45) is 9.39. The lowest BCUT2D eigenvalue weighted by atomic mass is 9.71. The molecule has 3 saturated heterocycles. The molecule has 2 bridgehead atoms. The van der Waals surface area contributed by atoms with Gasteiger partial charge in [0, 0.05) is 24.4 Å². The lowest BCUT2D eigenvalue weighted by Gasteiger charge is -2.35. The largest absolute Gasteiger partial charge is 0.466 e. The first-order chi connectivity index (χ1) is 15.0. The first kappa shape index (κ1) is 22.9. The molecule has 8 heteroatoms. The van der Waals surface area contributed by atoms with Crippen molar-refractivity contribution in [2.24, 2.45) is 11.8 Å². The predicted molar refractivity (Wildman–Crippen MR) is 118 cm³/mol. The van der Waals surface area contributed by atoms with Crippen LogP contribution in [0.25, 0.3) is 0 Å². The van der Waals surface area contributed by atoms with Crippen molar-refractivity contribution in [2.75, 3.05) is 19.8 Å². The van der Waals surface area contributed by atoms with Crippen LogP contribution in [0.1, 0.15) is 71.1 Å². The summed E-state index contributed by atoms with van der Waals surface area (Å²) in [6, 6.07) is -0.331. The number of thioether (sulfide) groups is 1. The Kier molecular flexibility index (Phi) is 7.16. The zero-order valence-corrected chi connectivity index (χ0v) is 19.3. The second kappa shape index (κ2) is 9.69. The number of unbranched alkanes of at least 4 members (excludes halogenated alkanes) is 2. The third-order valence-corrected chi connectivity index (χ3v) is 9.57. The Morgan fingerprint density at radius 2 is 1.97 bits per heavy atom. The van der Waals surface area contributed by atoms with Gasteiger partial charge >= 0.3 is 5.97 Å². The number of likely N-dealkylation sites (tertiary alicyclic amines) is 1. The minimum absolute atomic E-state index is 0.0393. The monoisotopic (exact) mass is 452 g/mol. The topological polar surface area (TPSA) is 95.9 Å². The van der Waals surface area contributed by atoms with Crippen LogP contribution in [0.5, 0.6) is 0 Å². The van der Waals surface area contributed by atoms with E-state index in [1.807, 2.05) is 0 Å². The molecule has 7 nitrogen and oxygen atoms in total. The molecule has 4 aliphatic rings. The summed E-state index contributed by atoms with van der Waals surface area (Å²) in [5, 5.41) is 12.4. The average Bonchev–Trinajstić information content (AvgIpc) is 3.39. The van der Waals surface area contributed by atoms with Crippen LogP contribution < -0.4 is 5.32 Å². The highest BCUT2D eigenvalue weighted by atomic mass is 32.2. The van der Waals surface area contributed by atoms with E-state index in [0.717, 1.165) is 51.4 Å². The molecule has 0 radical (unpaired) electrons. The molecule has 1 aliphatic carbocycles. The van der Waals surface area contributed by atoms with E-state index in [2.05, 4.69) is 5.32 Å². The molecule has 3 heterocycles. The number of carbonyl (C=O) groups is 3. The number of nitrogens with one attached hydrogen (secondary N) is 1. The summed E-state index contributed by atoms with van der Waals surface area (Å²) >= 11 is 1.70. The third kappa shape index (κ3) is 4.10. The summed E-state index contributed by atoms with van der Waals surface area (Å²) < 4.78 is 4.83. The minimum Gasteiger partial charge on any atom is -0.466 e. The van der Waals surface area contributed by atoms with E-state index in [9.17, 15) is 14.4 Å². The number of carbonyl (C=O) groups excluding carboxylic acids is 3. The van der Waals surface area contributed by atoms with Crippen LogP contribution >= 0.6 is 11.8 Å². The zero-order valence-electron chi connectivity index (χ0n) is 18.5. The molecule has 0 aromatic heterocycles. The number of nitrogens with zero attached hydrogens (tertiary/aromatic N) is 1. The molecule has 5 atom stereocenters. The van der Waals surface area contributed by atoms with Gasteiger partial charge < -0.3 is 20.1 Å². The number of fused-ring (bicyclic) bond motifs is 1. The number of hydrogen-bond donors (Lipinski definition) is 2. The summed E-state index contributed by atoms with van der Waals surface area (Å²) in [5.41, 5.74) is 0. The highest BCUT2D eigenvalue weighted by Crippen LogP contribution is 2.66. The van der Waals surface area contributed by atoms with Crippen LogP contribution in [-0.2, 0) is 19.1 Å². The van der Waals surface area contributed by atoms with Gasteiger partial charge in [0.1, 0.15) is 6.04 Å². The Morgan fingerprint density at radius 1 is 1.19 bits per heavy atom. The Balaban J connectivity index is 1.58. The fourth-order valence-corrected chi connectivity index (χ4v) is 8.51. The molecule has 2 N–H and O–H groups in total. The maximum Gasteiger partial charge on any atom is 0.310 e. The van der Waals surface area contributed by atoms with Gasteiger partial charge in [0.2, 0.25) is 11.8 Å². The molecule has 3 aliphatic heterocycles. The number of aliphatic hydroxyl groups is 1. The summed E-state index contributed by atoms with van der Waals surface area (Å²) in [7, 11) is 0. The van der Waals surface area contributed by atoms with Gasteiger partial charge in [-0.15, -0.1) is 11.8 Å². The summed E-state index contributed by atoms with van der Waals surface area (Å²) in [4.78, 5) is 41.8. The van der Waals surface area contributed by atoms with Gasteiger partial charge in [-0.25, -0.2) is 0 Å². The van der Waals surface area contributed by atoms with Crippen molar-refractivity contribution in [1.82, 2.24) is 10.2 Å². The molecule has 2 amide bonds. The number of aliphatic hydroxyl groups excluding tert-OH is 1. The van der Waals surface area contributed by atoms with E-state index in [1.54, 1.807) is 23.6 Å². The van der Waals surface area contributed by atoms with Crippen molar-refractivity contribution in [2.45, 2.75) is 93.2 Å². The van der Waals surface area contributed by atoms with Crippen molar-refractivity contribution in [3.8, 4) is 0 Å². The Hall–Kier alpha value is -1.28. The Bertz CT molecular complexity index is 697. The highest BCUT2D eigenvalue weighted by molar-refractivity contribution is 8.02. The number of rotatable bonds is 9. The van der Waals surface area contributed by atoms with Gasteiger partial charge in [-0.2, -0.15) is 0 Å². The van der Waals surface area contributed by atoms with Crippen LogP contribution in [0.4, 0.5) is 0 Å². The molecule has 4 fully saturated rings. The van der Waals surface area contributed by atoms with Gasteiger partial charge in [0.15, 0.2) is 0 Å². The highest BCUT2D eigenvalue weighted by Gasteiger charge is 2.73. The lowest BCUT2D eigenvalue weighted by molar-refractivity contribution is -0.153. The number of hydrogen-bond acceptors (Lipinski definition) is 6. The molecule has 31 heavy (non-hydrogen) atoms. The van der Waals surface area contributed by atoms with Gasteiger partial charge in [0.05, 0.1) is 23.2 Å². The quantitative estimate of drug-likeness (QED) is 0.412. The maximum atomic E-state index is 13.6. The lowest BCUT2D eigenvalue weighted by Crippen LogP contribution is -2.55. The van der Waals surface area contributed by atoms with Gasteiger partial charge in [-0.3, -0.25) is 14.4 Å². The molecule has 0 aromatic rings. The first-order valence-electron chi connectivity index (χ1n) is 12.1. The second-order valence-corrected chi connectivity index (χ2v) is 11.1. The molecule has 4 rings (SSSR count). The molecule has 1 saturated carbocycles. The van der Waals surface area contributed by atoms with E-state index in [-0.39, 0.29) is 35.7 Å². The van der Waals surface area contributed by atoms with E-state index in [0.29, 0.717) is 19.6 Å². The van der Waals surface area contributed by atoms with E-state index in [4.69, 9.17) is 9.84 Å². The molecular formula is C23H36N2O5S. The van der Waals surface area contributed by atoms with Crippen LogP contribution in [0.2, 0.25) is 0 Å². The first-order valence-corrected chi connectivity index (χ1v) is 13.0. The SMILES string of the molecule is CCOC(=O)[C@@H]1[C@@H]2CCC3(S2)C(C(=O)NC2CCCCC2)N(CCCCCO)C(=O)[C@H]13. The average molecular weight is 453 g/mol. The number of amides is 2. The van der Waals surface area contributed by atoms with E-state index < -0.39 is 22.6 Å². The van der Waals surface area contributed by atoms with Crippen LogP contribution in [0.15, 0.2) is 0 Å².